The van der Waals surface area contributed by atoms with E-state index in [4.69, 9.17) is 22.9 Å². The summed E-state index contributed by atoms with van der Waals surface area (Å²) in [6.45, 7) is 0. The first kappa shape index (κ1) is 36.2. The van der Waals surface area contributed by atoms with Gasteiger partial charge in [0.25, 0.3) is 0 Å². The maximum atomic E-state index is 5.43. The third kappa shape index (κ3) is 8.61. The van der Waals surface area contributed by atoms with Crippen molar-refractivity contribution < 1.29 is 21.9 Å². The number of nitrogens with two attached hydrogens (primary N) is 4. The van der Waals surface area contributed by atoms with Gasteiger partial charge in [0.2, 0.25) is 0 Å². The average molecular weight is 273 g/mol. The molecule has 0 fully saturated rings. The lowest BCUT2D eigenvalue weighted by Crippen LogP contribution is -2.00. The molecule has 0 saturated carbocycles. The van der Waals surface area contributed by atoms with Crippen LogP contribution in [0.15, 0.2) is 12.1 Å². The van der Waals surface area contributed by atoms with Gasteiger partial charge in [0.1, 0.15) is 0 Å². The van der Waals surface area contributed by atoms with Crippen molar-refractivity contribution in [3.8, 4) is 0 Å². The zero-order chi connectivity index (χ0) is 7.72. The smallest absolute Gasteiger partial charge is 0.316 e. The van der Waals surface area contributed by atoms with Crippen LogP contribution in [0.1, 0.15) is 0 Å². The highest BCUT2D eigenvalue weighted by Crippen LogP contribution is 2.23. The second-order valence-electron chi connectivity index (χ2n) is 2.11. The number of hydrogen-bond donors (Lipinski definition) is 4. The normalized spacial score (nSPS) is 6.00. The third-order valence-electron chi connectivity index (χ3n) is 1.29. The summed E-state index contributed by atoms with van der Waals surface area (Å²) in [6, 6.07) is 3.09. The molecule has 0 aliphatic rings. The Morgan fingerprint density at radius 1 is 0.562 bits per heavy atom. The fraction of sp³-hybridized carbons (Fsp3) is 0. The molecule has 8 nitrogen and oxygen atoms in total. The van der Waals surface area contributed by atoms with Crippen molar-refractivity contribution in [3.05, 3.63) is 12.1 Å². The van der Waals surface area contributed by atoms with E-state index >= 15 is 0 Å². The van der Waals surface area contributed by atoms with Crippen LogP contribution in [-0.2, 0) is 0 Å². The first-order valence-electron chi connectivity index (χ1n) is 2.81. The van der Waals surface area contributed by atoms with E-state index in [1.807, 2.05) is 0 Å². The van der Waals surface area contributed by atoms with Gasteiger partial charge in [0.05, 0.1) is 22.7 Å². The summed E-state index contributed by atoms with van der Waals surface area (Å²) in [7, 11) is 0. The highest BCUT2D eigenvalue weighted by atomic mass is 35.5. The number of nitrogen functional groups attached to an aromatic ring is 4. The van der Waals surface area contributed by atoms with Gasteiger partial charge in [-0.1, -0.05) is 0 Å². The van der Waals surface area contributed by atoms with Gasteiger partial charge in [0, 0.05) is 0 Å². The Morgan fingerprint density at radius 3 is 0.812 bits per heavy atom. The molecule has 10 heteroatoms. The van der Waals surface area contributed by atoms with Crippen LogP contribution in [0.4, 0.5) is 22.7 Å². The van der Waals surface area contributed by atoms with E-state index in [1.54, 1.807) is 12.1 Å². The zero-order valence-corrected chi connectivity index (χ0v) is 8.69. The van der Waals surface area contributed by atoms with Crippen molar-refractivity contribution in [1.82, 2.24) is 0 Å². The van der Waals surface area contributed by atoms with Crippen molar-refractivity contribution in [1.29, 1.82) is 0 Å². The monoisotopic (exact) mass is 272 g/mol. The Balaban J connectivity index is -0.0000000417. The molecule has 16 N–H and O–H groups in total. The third-order valence-corrected chi connectivity index (χ3v) is 1.29. The van der Waals surface area contributed by atoms with E-state index < -0.39 is 0 Å². The minimum absolute atomic E-state index is 0. The van der Waals surface area contributed by atoms with Crippen molar-refractivity contribution in [3.63, 3.8) is 0 Å². The predicted octanol–water partition coefficient (Wildman–Crippen LogP) is -3.78. The van der Waals surface area contributed by atoms with E-state index in [0.29, 0.717) is 22.7 Å². The quantitative estimate of drug-likeness (QED) is 0.275. The second kappa shape index (κ2) is 14.3. The van der Waals surface area contributed by atoms with Gasteiger partial charge >= 0.3 is 23.1 Å². The molecule has 0 aliphatic carbocycles. The molecule has 16 heavy (non-hydrogen) atoms. The van der Waals surface area contributed by atoms with Gasteiger partial charge in [-0.2, -0.15) is 0 Å². The van der Waals surface area contributed by atoms with Gasteiger partial charge in [-0.25, -0.2) is 0 Å². The molecule has 0 amide bonds. The van der Waals surface area contributed by atoms with Crippen molar-refractivity contribution in [2.75, 3.05) is 22.9 Å². The molecule has 0 spiro atoms. The topological polar surface area (TPSA) is 230 Å². The summed E-state index contributed by atoms with van der Waals surface area (Å²) >= 11 is 0. The second-order valence-corrected chi connectivity index (χ2v) is 2.11. The summed E-state index contributed by atoms with van der Waals surface area (Å²) < 4.78 is 0. The van der Waals surface area contributed by atoms with E-state index in [9.17, 15) is 0 Å². The molecular formula is C6H21ClMgN4O4. The lowest BCUT2D eigenvalue weighted by molar-refractivity contribution is 0.823. The van der Waals surface area contributed by atoms with Crippen LogP contribution in [0, 0.1) is 0 Å². The van der Waals surface area contributed by atoms with Crippen molar-refractivity contribution >= 4 is 58.2 Å². The van der Waals surface area contributed by atoms with Crippen LogP contribution in [0.2, 0.25) is 0 Å². The Morgan fingerprint density at radius 2 is 0.688 bits per heavy atom. The van der Waals surface area contributed by atoms with Crippen molar-refractivity contribution in [2.24, 2.45) is 0 Å². The minimum Gasteiger partial charge on any atom is -0.412 e. The van der Waals surface area contributed by atoms with Crippen LogP contribution < -0.4 is 22.9 Å². The summed E-state index contributed by atoms with van der Waals surface area (Å²) in [6.07, 6.45) is 0. The fourth-order valence-corrected chi connectivity index (χ4v) is 0.668. The molecule has 0 saturated heterocycles. The van der Waals surface area contributed by atoms with Crippen LogP contribution in [0.5, 0.6) is 0 Å². The Kier molecular flexibility index (Phi) is 32.4. The molecular weight excluding hydrogens is 252 g/mol. The first-order chi connectivity index (χ1) is 4.61. The standard InChI is InChI=1S/C6H10N4.ClH.Mg.4H2O.2H/c7-3-1-4(8)6(10)2-5(3)9;;;;;;;;/h1-2H,7-10H2;1H;;4*1H2;;. The SMILES string of the molecule is Cl.Nc1cc(N)c(N)cc1N.O.O.O.O.[MgH2]. The Hall–Kier alpha value is -0.684. The lowest BCUT2D eigenvalue weighted by Gasteiger charge is -2.03. The number of halogens is 1. The Bertz CT molecular complexity index is 229. The molecule has 0 heterocycles. The van der Waals surface area contributed by atoms with Crippen LogP contribution in [0.25, 0.3) is 0 Å². The zero-order valence-electron chi connectivity index (χ0n) is 7.87. The molecule has 1 aromatic carbocycles. The molecule has 0 unspecified atom stereocenters. The average Bonchev–Trinajstić information content (AvgIpc) is 1.84. The number of rotatable bonds is 0. The first-order valence-corrected chi connectivity index (χ1v) is 2.81. The highest BCUT2D eigenvalue weighted by Gasteiger charge is 1.97. The van der Waals surface area contributed by atoms with Gasteiger partial charge in [-0.3, -0.25) is 0 Å². The number of anilines is 4. The highest BCUT2D eigenvalue weighted by molar-refractivity contribution is 5.85. The largest absolute Gasteiger partial charge is 0.412 e. The predicted molar refractivity (Wildman–Crippen MR) is 74.3 cm³/mol. The summed E-state index contributed by atoms with van der Waals surface area (Å²) in [4.78, 5) is 0. The summed E-state index contributed by atoms with van der Waals surface area (Å²) in [5.41, 5.74) is 23.6. The maximum Gasteiger partial charge on any atom is 0.316 e. The van der Waals surface area contributed by atoms with E-state index in [1.165, 1.54) is 0 Å². The molecule has 0 aromatic heterocycles. The molecule has 0 radical (unpaired) electrons. The maximum absolute atomic E-state index is 5.43. The van der Waals surface area contributed by atoms with Gasteiger partial charge in [0.15, 0.2) is 0 Å². The van der Waals surface area contributed by atoms with E-state index in [0.717, 1.165) is 0 Å². The molecule has 1 rings (SSSR count). The van der Waals surface area contributed by atoms with Crippen LogP contribution in [-0.4, -0.2) is 45.0 Å². The van der Waals surface area contributed by atoms with Gasteiger partial charge in [-0.05, 0) is 12.1 Å². The van der Waals surface area contributed by atoms with Crippen molar-refractivity contribution in [2.45, 2.75) is 0 Å². The fourth-order valence-electron chi connectivity index (χ4n) is 0.668. The summed E-state index contributed by atoms with van der Waals surface area (Å²) in [5, 5.41) is 0. The van der Waals surface area contributed by atoms with Gasteiger partial charge < -0.3 is 44.8 Å². The van der Waals surface area contributed by atoms with E-state index in [2.05, 4.69) is 0 Å². The molecule has 98 valence electrons. The van der Waals surface area contributed by atoms with E-state index in [-0.39, 0.29) is 57.4 Å². The summed E-state index contributed by atoms with van der Waals surface area (Å²) in [5.74, 6) is 0. The minimum atomic E-state index is 0. The number of benzene rings is 1. The molecule has 0 aliphatic heterocycles. The Labute approximate surface area is 115 Å². The van der Waals surface area contributed by atoms with Gasteiger partial charge in [-0.15, -0.1) is 12.4 Å². The lowest BCUT2D eigenvalue weighted by atomic mass is 10.2. The molecule has 1 aromatic rings. The number of hydrogen-bond acceptors (Lipinski definition) is 4. The molecule has 0 bridgehead atoms. The van der Waals surface area contributed by atoms with Crippen LogP contribution in [0.3, 0.4) is 0 Å². The van der Waals surface area contributed by atoms with Crippen LogP contribution >= 0.6 is 12.4 Å². The molecule has 0 atom stereocenters.